The van der Waals surface area contributed by atoms with Crippen molar-refractivity contribution in [2.75, 3.05) is 26.3 Å². The molecule has 0 aromatic carbocycles. The number of rotatable bonds is 6. The highest BCUT2D eigenvalue weighted by Gasteiger charge is 2.28. The van der Waals surface area contributed by atoms with Crippen molar-refractivity contribution in [3.63, 3.8) is 0 Å². The second-order valence-electron chi connectivity index (χ2n) is 7.30. The van der Waals surface area contributed by atoms with Gasteiger partial charge < -0.3 is 20.1 Å². The highest BCUT2D eigenvalue weighted by atomic mass is 16.5. The lowest BCUT2D eigenvalue weighted by molar-refractivity contribution is 0.124. The number of ether oxygens (including phenoxy) is 1. The molecule has 7 nitrogen and oxygen atoms in total. The number of aliphatic hydroxyl groups excluding tert-OH is 1. The summed E-state index contributed by atoms with van der Waals surface area (Å²) < 4.78 is 8.02. The molecular weight excluding hydrogens is 330 g/mol. The number of hydrogen-bond donors (Lipinski definition) is 3. The van der Waals surface area contributed by atoms with Crippen molar-refractivity contribution in [1.82, 2.24) is 25.1 Å². The maximum Gasteiger partial charge on any atom is 0.141 e. The number of aliphatic hydroxyl groups is 1. The summed E-state index contributed by atoms with van der Waals surface area (Å²) >= 11 is 0. The molecule has 1 saturated heterocycles. The van der Waals surface area contributed by atoms with Gasteiger partial charge in [0.05, 0.1) is 31.3 Å². The van der Waals surface area contributed by atoms with Crippen molar-refractivity contribution < 1.29 is 9.84 Å². The van der Waals surface area contributed by atoms with E-state index in [9.17, 15) is 0 Å². The summed E-state index contributed by atoms with van der Waals surface area (Å²) in [6.45, 7) is 5.64. The SMILES string of the molecule is CC1(COc2ccnc3[nH]cc(-c4cnn(CCO)c4)c23)CCNCC1. The molecule has 0 amide bonds. The third kappa shape index (κ3) is 3.32. The Kier molecular flexibility index (Phi) is 4.65. The number of piperidine rings is 1. The second-order valence-corrected chi connectivity index (χ2v) is 7.30. The van der Waals surface area contributed by atoms with Gasteiger partial charge in [0.15, 0.2) is 0 Å². The standard InChI is InChI=1S/C19H25N5O2/c1-19(3-6-20-7-4-19)13-26-16-2-5-21-18-17(16)15(11-22-18)14-10-23-24(12-14)8-9-25/h2,5,10-12,20,25H,3-4,6-9,13H2,1H3,(H,21,22). The van der Waals surface area contributed by atoms with Crippen LogP contribution in [0.4, 0.5) is 0 Å². The van der Waals surface area contributed by atoms with Gasteiger partial charge in [0, 0.05) is 35.1 Å². The molecule has 26 heavy (non-hydrogen) atoms. The number of aromatic amines is 1. The Hall–Kier alpha value is -2.38. The molecule has 7 heteroatoms. The van der Waals surface area contributed by atoms with E-state index >= 15 is 0 Å². The van der Waals surface area contributed by atoms with Crippen LogP contribution in [0.3, 0.4) is 0 Å². The fourth-order valence-corrected chi connectivity index (χ4v) is 3.53. The van der Waals surface area contributed by atoms with Gasteiger partial charge in [-0.2, -0.15) is 5.10 Å². The normalized spacial score (nSPS) is 16.8. The van der Waals surface area contributed by atoms with Gasteiger partial charge >= 0.3 is 0 Å². The number of H-pyrrole nitrogens is 1. The first-order chi connectivity index (χ1) is 12.7. The van der Waals surface area contributed by atoms with E-state index in [-0.39, 0.29) is 12.0 Å². The molecule has 3 N–H and O–H groups in total. The molecule has 0 saturated carbocycles. The van der Waals surface area contributed by atoms with Gasteiger partial charge in [-0.3, -0.25) is 4.68 Å². The monoisotopic (exact) mass is 355 g/mol. The summed E-state index contributed by atoms with van der Waals surface area (Å²) in [5, 5.41) is 17.8. The third-order valence-corrected chi connectivity index (χ3v) is 5.20. The average Bonchev–Trinajstić information content (AvgIpc) is 3.28. The zero-order valence-corrected chi connectivity index (χ0v) is 15.0. The lowest BCUT2D eigenvalue weighted by Gasteiger charge is -2.33. The maximum absolute atomic E-state index is 9.09. The van der Waals surface area contributed by atoms with E-state index in [0.29, 0.717) is 13.2 Å². The molecule has 1 aliphatic heterocycles. The molecule has 0 radical (unpaired) electrons. The summed E-state index contributed by atoms with van der Waals surface area (Å²) in [5.74, 6) is 0.848. The highest BCUT2D eigenvalue weighted by molar-refractivity contribution is 5.97. The largest absolute Gasteiger partial charge is 0.492 e. The lowest BCUT2D eigenvalue weighted by Crippen LogP contribution is -2.38. The molecule has 3 aromatic rings. The van der Waals surface area contributed by atoms with Crippen molar-refractivity contribution in [1.29, 1.82) is 0 Å². The predicted octanol–water partition coefficient (Wildman–Crippen LogP) is 2.19. The van der Waals surface area contributed by atoms with Crippen LogP contribution in [0.25, 0.3) is 22.2 Å². The minimum atomic E-state index is 0.0678. The lowest BCUT2D eigenvalue weighted by atomic mass is 9.82. The highest BCUT2D eigenvalue weighted by Crippen LogP contribution is 2.36. The van der Waals surface area contributed by atoms with Gasteiger partial charge in [0.2, 0.25) is 0 Å². The van der Waals surface area contributed by atoms with E-state index in [1.165, 1.54) is 0 Å². The second kappa shape index (κ2) is 7.09. The van der Waals surface area contributed by atoms with Crippen LogP contribution in [0.15, 0.2) is 30.9 Å². The smallest absolute Gasteiger partial charge is 0.141 e. The van der Waals surface area contributed by atoms with Gasteiger partial charge in [-0.05, 0) is 32.0 Å². The Bertz CT molecular complexity index is 879. The van der Waals surface area contributed by atoms with Crippen LogP contribution in [0.5, 0.6) is 5.75 Å². The number of nitrogens with one attached hydrogen (secondary N) is 2. The van der Waals surface area contributed by atoms with Crippen LogP contribution in [-0.2, 0) is 6.54 Å². The van der Waals surface area contributed by atoms with Crippen LogP contribution in [-0.4, -0.2) is 51.2 Å². The van der Waals surface area contributed by atoms with Crippen LogP contribution < -0.4 is 10.1 Å². The topological polar surface area (TPSA) is 88.0 Å². The fourth-order valence-electron chi connectivity index (χ4n) is 3.53. The Morgan fingerprint density at radius 3 is 3.00 bits per heavy atom. The van der Waals surface area contributed by atoms with Crippen LogP contribution in [0.1, 0.15) is 19.8 Å². The summed E-state index contributed by atoms with van der Waals surface area (Å²) in [7, 11) is 0. The molecular formula is C19H25N5O2. The van der Waals surface area contributed by atoms with Crippen LogP contribution in [0.2, 0.25) is 0 Å². The quantitative estimate of drug-likeness (QED) is 0.631. The molecule has 138 valence electrons. The van der Waals surface area contributed by atoms with Crippen molar-refractivity contribution in [2.24, 2.45) is 5.41 Å². The summed E-state index contributed by atoms with van der Waals surface area (Å²) in [5.41, 5.74) is 3.00. The van der Waals surface area contributed by atoms with E-state index in [0.717, 1.165) is 53.8 Å². The number of hydrogen-bond acceptors (Lipinski definition) is 5. The zero-order chi connectivity index (χ0) is 18.0. The average molecular weight is 355 g/mol. The molecule has 4 heterocycles. The first kappa shape index (κ1) is 17.1. The molecule has 0 unspecified atom stereocenters. The molecule has 0 atom stereocenters. The van der Waals surface area contributed by atoms with E-state index < -0.39 is 0 Å². The van der Waals surface area contributed by atoms with Crippen molar-refractivity contribution >= 4 is 11.0 Å². The zero-order valence-electron chi connectivity index (χ0n) is 15.0. The summed E-state index contributed by atoms with van der Waals surface area (Å²) in [6, 6.07) is 1.93. The van der Waals surface area contributed by atoms with E-state index in [4.69, 9.17) is 9.84 Å². The third-order valence-electron chi connectivity index (χ3n) is 5.20. The van der Waals surface area contributed by atoms with E-state index in [1.807, 2.05) is 24.7 Å². The minimum absolute atomic E-state index is 0.0678. The molecule has 0 bridgehead atoms. The molecule has 1 aliphatic rings. The Morgan fingerprint density at radius 2 is 2.19 bits per heavy atom. The first-order valence-electron chi connectivity index (χ1n) is 9.12. The van der Waals surface area contributed by atoms with Gasteiger partial charge in [-0.25, -0.2) is 4.98 Å². The van der Waals surface area contributed by atoms with E-state index in [2.05, 4.69) is 27.3 Å². The van der Waals surface area contributed by atoms with Gasteiger partial charge in [0.25, 0.3) is 0 Å². The Balaban J connectivity index is 1.63. The van der Waals surface area contributed by atoms with E-state index in [1.54, 1.807) is 10.9 Å². The number of pyridine rings is 1. The van der Waals surface area contributed by atoms with Gasteiger partial charge in [0.1, 0.15) is 11.4 Å². The van der Waals surface area contributed by atoms with Crippen molar-refractivity contribution in [3.8, 4) is 16.9 Å². The summed E-state index contributed by atoms with van der Waals surface area (Å²) in [4.78, 5) is 7.66. The molecule has 1 fully saturated rings. The van der Waals surface area contributed by atoms with Gasteiger partial charge in [-0.15, -0.1) is 0 Å². The van der Waals surface area contributed by atoms with Crippen LogP contribution >= 0.6 is 0 Å². The Morgan fingerprint density at radius 1 is 1.35 bits per heavy atom. The predicted molar refractivity (Wildman–Crippen MR) is 100 cm³/mol. The molecule has 0 aliphatic carbocycles. The fraction of sp³-hybridized carbons (Fsp3) is 0.474. The number of aromatic nitrogens is 4. The van der Waals surface area contributed by atoms with Crippen LogP contribution in [0, 0.1) is 5.41 Å². The number of fused-ring (bicyclic) bond motifs is 1. The number of nitrogens with zero attached hydrogens (tertiary/aromatic N) is 3. The first-order valence-corrected chi connectivity index (χ1v) is 9.12. The maximum atomic E-state index is 9.09. The molecule has 0 spiro atoms. The van der Waals surface area contributed by atoms with Gasteiger partial charge in [-0.1, -0.05) is 6.92 Å². The van der Waals surface area contributed by atoms with Crippen molar-refractivity contribution in [2.45, 2.75) is 26.3 Å². The summed E-state index contributed by atoms with van der Waals surface area (Å²) in [6.07, 6.45) is 9.70. The minimum Gasteiger partial charge on any atom is -0.492 e. The molecule has 4 rings (SSSR count). The Labute approximate surface area is 152 Å². The van der Waals surface area contributed by atoms with Crippen molar-refractivity contribution in [3.05, 3.63) is 30.9 Å². The molecule has 3 aromatic heterocycles.